The Morgan fingerprint density at radius 3 is 2.40 bits per heavy atom. The number of rotatable bonds is 9. The number of hydrogen-bond donors (Lipinski definition) is 2. The number of nitrogens with zero attached hydrogens (tertiary/aromatic N) is 2. The lowest BCUT2D eigenvalue weighted by Gasteiger charge is -2.38. The van der Waals surface area contributed by atoms with E-state index < -0.39 is 0 Å². The Hall–Kier alpha value is -4.30. The number of anilines is 3. The van der Waals surface area contributed by atoms with Crippen LogP contribution >= 0.6 is 0 Å². The second-order valence-electron chi connectivity index (χ2n) is 9.96. The molecule has 8 nitrogen and oxygen atoms in total. The minimum absolute atomic E-state index is 0.0443. The molecule has 40 heavy (non-hydrogen) atoms. The van der Waals surface area contributed by atoms with Gasteiger partial charge in [-0.2, -0.15) is 0 Å². The maximum absolute atomic E-state index is 13.4. The molecule has 2 aliphatic rings. The van der Waals surface area contributed by atoms with Gasteiger partial charge in [0, 0.05) is 56.8 Å². The van der Waals surface area contributed by atoms with E-state index in [4.69, 9.17) is 9.47 Å². The Labute approximate surface area is 235 Å². The molecule has 2 saturated heterocycles. The van der Waals surface area contributed by atoms with Crippen molar-refractivity contribution in [1.82, 2.24) is 5.32 Å². The summed E-state index contributed by atoms with van der Waals surface area (Å²) in [6.07, 6.45) is 5.27. The first-order valence-corrected chi connectivity index (χ1v) is 13.8. The van der Waals surface area contributed by atoms with E-state index in [0.717, 1.165) is 68.3 Å². The molecular formula is C32H36N4O4. The maximum Gasteiger partial charge on any atom is 0.253 e. The molecule has 3 aromatic rings. The topological polar surface area (TPSA) is 83.1 Å². The molecule has 2 N–H and O–H groups in total. The summed E-state index contributed by atoms with van der Waals surface area (Å²) < 4.78 is 11.3. The average molecular weight is 541 g/mol. The van der Waals surface area contributed by atoms with Crippen molar-refractivity contribution in [2.45, 2.75) is 18.9 Å². The Balaban J connectivity index is 1.31. The van der Waals surface area contributed by atoms with Crippen LogP contribution in [0.4, 0.5) is 17.1 Å². The lowest BCUT2D eigenvalue weighted by molar-refractivity contribution is -0.111. The summed E-state index contributed by atoms with van der Waals surface area (Å²) in [6.45, 7) is 4.28. The monoisotopic (exact) mass is 540 g/mol. The van der Waals surface area contributed by atoms with Gasteiger partial charge in [-0.3, -0.25) is 9.59 Å². The van der Waals surface area contributed by atoms with Crippen LogP contribution in [0.25, 0.3) is 6.08 Å². The Morgan fingerprint density at radius 2 is 1.68 bits per heavy atom. The number of methoxy groups -OCH3 is 1. The van der Waals surface area contributed by atoms with E-state index in [2.05, 4.69) is 26.5 Å². The number of piperazine rings is 1. The number of benzene rings is 3. The van der Waals surface area contributed by atoms with Gasteiger partial charge in [0.2, 0.25) is 5.91 Å². The number of nitrogens with one attached hydrogen (secondary N) is 2. The zero-order valence-corrected chi connectivity index (χ0v) is 22.8. The standard InChI is InChI=1S/C32H36N4O4/c1-39-30-12-6-5-11-29(30)36-19-17-35(18-20-36)28-15-14-25(34-31(37)16-13-24-8-3-2-4-9-24)22-27(28)32(38)33-23-26-10-7-21-40-26/h2-6,8-9,11-16,22,26H,7,10,17-21,23H2,1H3,(H,33,38)(H,34,37)/b16-13+. The number of ether oxygens (including phenoxy) is 2. The molecule has 0 saturated carbocycles. The van der Waals surface area contributed by atoms with E-state index in [-0.39, 0.29) is 17.9 Å². The first-order valence-electron chi connectivity index (χ1n) is 13.8. The molecule has 0 radical (unpaired) electrons. The van der Waals surface area contributed by atoms with Crippen molar-refractivity contribution in [2.75, 3.05) is 61.6 Å². The maximum atomic E-state index is 13.4. The minimum atomic E-state index is -0.257. The fourth-order valence-corrected chi connectivity index (χ4v) is 5.18. The molecule has 1 unspecified atom stereocenters. The molecule has 2 fully saturated rings. The van der Waals surface area contributed by atoms with Crippen LogP contribution in [0.5, 0.6) is 5.75 Å². The van der Waals surface area contributed by atoms with Gasteiger partial charge >= 0.3 is 0 Å². The quantitative estimate of drug-likeness (QED) is 0.387. The summed E-state index contributed by atoms with van der Waals surface area (Å²) in [5.41, 5.74) is 3.97. The van der Waals surface area contributed by atoms with Crippen molar-refractivity contribution in [3.05, 3.63) is 90.0 Å². The number of hydrogen-bond acceptors (Lipinski definition) is 6. The second kappa shape index (κ2) is 13.2. The zero-order valence-electron chi connectivity index (χ0n) is 22.8. The summed E-state index contributed by atoms with van der Waals surface area (Å²) >= 11 is 0. The highest BCUT2D eigenvalue weighted by atomic mass is 16.5. The smallest absolute Gasteiger partial charge is 0.253 e. The van der Waals surface area contributed by atoms with Gasteiger partial charge in [0.1, 0.15) is 5.75 Å². The van der Waals surface area contributed by atoms with E-state index in [1.165, 1.54) is 6.08 Å². The van der Waals surface area contributed by atoms with E-state index in [1.54, 1.807) is 19.3 Å². The third-order valence-corrected chi connectivity index (χ3v) is 7.30. The van der Waals surface area contributed by atoms with Crippen molar-refractivity contribution >= 4 is 35.0 Å². The van der Waals surface area contributed by atoms with Gasteiger partial charge < -0.3 is 29.9 Å². The average Bonchev–Trinajstić information content (AvgIpc) is 3.53. The van der Waals surface area contributed by atoms with Crippen LogP contribution in [0.2, 0.25) is 0 Å². The molecule has 2 amide bonds. The molecule has 5 rings (SSSR count). The summed E-state index contributed by atoms with van der Waals surface area (Å²) in [6, 6.07) is 23.2. The van der Waals surface area contributed by atoms with E-state index in [9.17, 15) is 9.59 Å². The third-order valence-electron chi connectivity index (χ3n) is 7.30. The highest BCUT2D eigenvalue weighted by Gasteiger charge is 2.24. The fraction of sp³-hybridized carbons (Fsp3) is 0.312. The highest BCUT2D eigenvalue weighted by molar-refractivity contribution is 6.05. The lowest BCUT2D eigenvalue weighted by Crippen LogP contribution is -2.47. The van der Waals surface area contributed by atoms with Crippen LogP contribution in [-0.2, 0) is 9.53 Å². The molecule has 8 heteroatoms. The van der Waals surface area contributed by atoms with Gasteiger partial charge in [-0.25, -0.2) is 0 Å². The van der Waals surface area contributed by atoms with Crippen LogP contribution in [0.3, 0.4) is 0 Å². The van der Waals surface area contributed by atoms with Gasteiger partial charge in [0.05, 0.1) is 24.5 Å². The van der Waals surface area contributed by atoms with Gasteiger partial charge in [0.15, 0.2) is 0 Å². The van der Waals surface area contributed by atoms with Crippen molar-refractivity contribution in [1.29, 1.82) is 0 Å². The van der Waals surface area contributed by atoms with Gasteiger partial charge in [-0.15, -0.1) is 0 Å². The zero-order chi connectivity index (χ0) is 27.7. The molecule has 0 aromatic heterocycles. The minimum Gasteiger partial charge on any atom is -0.495 e. The summed E-state index contributed by atoms with van der Waals surface area (Å²) in [5, 5.41) is 5.96. The molecule has 3 aromatic carbocycles. The third kappa shape index (κ3) is 6.82. The van der Waals surface area contributed by atoms with E-state index in [1.807, 2.05) is 60.7 Å². The largest absolute Gasteiger partial charge is 0.495 e. The normalized spacial score (nSPS) is 17.2. The SMILES string of the molecule is COc1ccccc1N1CCN(c2ccc(NC(=O)/C=C/c3ccccc3)cc2C(=O)NCC2CCCO2)CC1. The van der Waals surface area contributed by atoms with Crippen LogP contribution in [-0.4, -0.2) is 64.4 Å². The fourth-order valence-electron chi connectivity index (χ4n) is 5.18. The number of amides is 2. The molecular weight excluding hydrogens is 504 g/mol. The predicted octanol–water partition coefficient (Wildman–Crippen LogP) is 4.58. The van der Waals surface area contributed by atoms with Crippen molar-refractivity contribution in [3.63, 3.8) is 0 Å². The second-order valence-corrected chi connectivity index (χ2v) is 9.96. The molecule has 0 bridgehead atoms. The van der Waals surface area contributed by atoms with Gasteiger partial charge in [-0.1, -0.05) is 42.5 Å². The van der Waals surface area contributed by atoms with Crippen LogP contribution in [0.15, 0.2) is 78.9 Å². The molecule has 1 atom stereocenters. The lowest BCUT2D eigenvalue weighted by atomic mass is 10.1. The predicted molar refractivity (Wildman–Crippen MR) is 159 cm³/mol. The number of carbonyl (C=O) groups excluding carboxylic acids is 2. The molecule has 208 valence electrons. The number of carbonyl (C=O) groups is 2. The number of para-hydroxylation sites is 2. The van der Waals surface area contributed by atoms with Crippen LogP contribution in [0, 0.1) is 0 Å². The van der Waals surface area contributed by atoms with E-state index in [0.29, 0.717) is 17.8 Å². The first kappa shape index (κ1) is 27.3. The Kier molecular flexibility index (Phi) is 8.98. The highest BCUT2D eigenvalue weighted by Crippen LogP contribution is 2.31. The summed E-state index contributed by atoms with van der Waals surface area (Å²) in [5.74, 6) is 0.424. The first-order chi connectivity index (χ1) is 19.6. The van der Waals surface area contributed by atoms with Gasteiger partial charge in [-0.05, 0) is 54.8 Å². The van der Waals surface area contributed by atoms with Crippen LogP contribution < -0.4 is 25.2 Å². The van der Waals surface area contributed by atoms with Crippen molar-refractivity contribution < 1.29 is 19.1 Å². The molecule has 2 aliphatic heterocycles. The molecule has 0 aliphatic carbocycles. The van der Waals surface area contributed by atoms with Gasteiger partial charge in [0.25, 0.3) is 5.91 Å². The molecule has 2 heterocycles. The van der Waals surface area contributed by atoms with Crippen molar-refractivity contribution in [2.24, 2.45) is 0 Å². The summed E-state index contributed by atoms with van der Waals surface area (Å²) in [4.78, 5) is 30.6. The molecule has 0 spiro atoms. The summed E-state index contributed by atoms with van der Waals surface area (Å²) in [7, 11) is 1.69. The van der Waals surface area contributed by atoms with Crippen LogP contribution in [0.1, 0.15) is 28.8 Å². The van der Waals surface area contributed by atoms with E-state index >= 15 is 0 Å². The van der Waals surface area contributed by atoms with Crippen molar-refractivity contribution in [3.8, 4) is 5.75 Å². The Morgan fingerprint density at radius 1 is 0.950 bits per heavy atom. The Bertz CT molecular complexity index is 1330.